The van der Waals surface area contributed by atoms with Crippen LogP contribution in [0.4, 0.5) is 0 Å². The van der Waals surface area contributed by atoms with E-state index in [0.29, 0.717) is 12.0 Å². The number of rotatable bonds is 7. The van der Waals surface area contributed by atoms with Crippen LogP contribution < -0.4 is 5.32 Å². The third-order valence-corrected chi connectivity index (χ3v) is 4.61. The lowest BCUT2D eigenvalue weighted by Crippen LogP contribution is -2.32. The largest absolute Gasteiger partial charge is 0.481 e. The molecule has 0 aliphatic heterocycles. The van der Waals surface area contributed by atoms with Crippen LogP contribution in [0.5, 0.6) is 0 Å². The number of benzene rings is 1. The summed E-state index contributed by atoms with van der Waals surface area (Å²) in [6.45, 7) is 3.64. The Labute approximate surface area is 147 Å². The Kier molecular flexibility index (Phi) is 7.65. The van der Waals surface area contributed by atoms with Crippen molar-refractivity contribution in [1.29, 1.82) is 0 Å². The SMILES string of the molecule is CC(CCCC(C)C(=O)O)NC(=O)c1cc(I)ccc1Br. The number of carboxylic acid groups (broad SMARTS) is 1. The molecule has 116 valence electrons. The highest BCUT2D eigenvalue weighted by Gasteiger charge is 2.15. The van der Waals surface area contributed by atoms with E-state index in [1.165, 1.54) is 0 Å². The molecular weight excluding hydrogens is 449 g/mol. The fourth-order valence-corrected chi connectivity index (χ4v) is 2.82. The van der Waals surface area contributed by atoms with Gasteiger partial charge < -0.3 is 10.4 Å². The van der Waals surface area contributed by atoms with E-state index in [1.807, 2.05) is 25.1 Å². The maximum atomic E-state index is 12.2. The Morgan fingerprint density at radius 1 is 1.33 bits per heavy atom. The van der Waals surface area contributed by atoms with Gasteiger partial charge in [0.2, 0.25) is 0 Å². The molecule has 0 aliphatic carbocycles. The van der Waals surface area contributed by atoms with Gasteiger partial charge in [-0.3, -0.25) is 9.59 Å². The number of hydrogen-bond donors (Lipinski definition) is 2. The molecule has 2 atom stereocenters. The summed E-state index contributed by atoms with van der Waals surface area (Å²) in [4.78, 5) is 22.9. The van der Waals surface area contributed by atoms with E-state index in [9.17, 15) is 9.59 Å². The van der Waals surface area contributed by atoms with Gasteiger partial charge in [-0.15, -0.1) is 0 Å². The number of carbonyl (C=O) groups excluding carboxylic acids is 1. The van der Waals surface area contributed by atoms with Crippen molar-refractivity contribution in [3.63, 3.8) is 0 Å². The molecule has 1 aromatic carbocycles. The summed E-state index contributed by atoms with van der Waals surface area (Å²) in [5.41, 5.74) is 0.618. The molecule has 0 bridgehead atoms. The van der Waals surface area contributed by atoms with Crippen LogP contribution in [-0.4, -0.2) is 23.0 Å². The lowest BCUT2D eigenvalue weighted by atomic mass is 10.0. The van der Waals surface area contributed by atoms with Crippen molar-refractivity contribution in [3.05, 3.63) is 31.8 Å². The van der Waals surface area contributed by atoms with Gasteiger partial charge in [-0.25, -0.2) is 0 Å². The first-order valence-corrected chi connectivity index (χ1v) is 8.67. The Morgan fingerprint density at radius 2 is 2.00 bits per heavy atom. The monoisotopic (exact) mass is 467 g/mol. The maximum absolute atomic E-state index is 12.2. The van der Waals surface area contributed by atoms with E-state index in [0.717, 1.165) is 20.9 Å². The lowest BCUT2D eigenvalue weighted by Gasteiger charge is -2.15. The van der Waals surface area contributed by atoms with Crippen LogP contribution in [0.15, 0.2) is 22.7 Å². The molecule has 4 nitrogen and oxygen atoms in total. The zero-order valence-electron chi connectivity index (χ0n) is 12.0. The molecule has 6 heteroatoms. The number of nitrogens with one attached hydrogen (secondary N) is 1. The van der Waals surface area contributed by atoms with E-state index < -0.39 is 5.97 Å². The van der Waals surface area contributed by atoms with Crippen LogP contribution in [0.1, 0.15) is 43.5 Å². The van der Waals surface area contributed by atoms with Crippen molar-refractivity contribution in [3.8, 4) is 0 Å². The molecule has 0 saturated carbocycles. The van der Waals surface area contributed by atoms with E-state index in [2.05, 4.69) is 43.8 Å². The average Bonchev–Trinajstić information content (AvgIpc) is 2.41. The summed E-state index contributed by atoms with van der Waals surface area (Å²) in [6.07, 6.45) is 2.18. The second kappa shape index (κ2) is 8.73. The zero-order valence-corrected chi connectivity index (χ0v) is 15.8. The van der Waals surface area contributed by atoms with E-state index in [-0.39, 0.29) is 17.9 Å². The molecule has 0 fully saturated rings. The normalized spacial score (nSPS) is 13.5. The number of aliphatic carboxylic acids is 1. The summed E-state index contributed by atoms with van der Waals surface area (Å²) in [5, 5.41) is 11.8. The predicted molar refractivity (Wildman–Crippen MR) is 94.4 cm³/mol. The highest BCUT2D eigenvalue weighted by molar-refractivity contribution is 14.1. The second-order valence-electron chi connectivity index (χ2n) is 5.17. The van der Waals surface area contributed by atoms with Crippen LogP contribution in [0.3, 0.4) is 0 Å². The highest BCUT2D eigenvalue weighted by Crippen LogP contribution is 2.20. The Morgan fingerprint density at radius 3 is 2.62 bits per heavy atom. The molecule has 21 heavy (non-hydrogen) atoms. The predicted octanol–water partition coefficient (Wildman–Crippen LogP) is 4.06. The molecular formula is C15H19BrINO3. The molecule has 0 aliphatic rings. The first-order chi connectivity index (χ1) is 9.81. The summed E-state index contributed by atoms with van der Waals surface area (Å²) < 4.78 is 1.77. The summed E-state index contributed by atoms with van der Waals surface area (Å²) in [5.74, 6) is -1.22. The van der Waals surface area contributed by atoms with Gasteiger partial charge in [0, 0.05) is 14.1 Å². The van der Waals surface area contributed by atoms with Crippen LogP contribution in [-0.2, 0) is 4.79 Å². The van der Waals surface area contributed by atoms with Gasteiger partial charge in [-0.2, -0.15) is 0 Å². The third-order valence-electron chi connectivity index (χ3n) is 3.25. The minimum atomic E-state index is -0.769. The van der Waals surface area contributed by atoms with Crippen LogP contribution in [0, 0.1) is 9.49 Å². The molecule has 0 saturated heterocycles. The van der Waals surface area contributed by atoms with Gasteiger partial charge in [0.25, 0.3) is 5.91 Å². The van der Waals surface area contributed by atoms with Crippen molar-refractivity contribution >= 4 is 50.4 Å². The average molecular weight is 468 g/mol. The molecule has 2 N–H and O–H groups in total. The minimum absolute atomic E-state index is 0.0169. The Bertz CT molecular complexity index is 522. The van der Waals surface area contributed by atoms with Crippen molar-refractivity contribution in [2.45, 2.75) is 39.2 Å². The molecule has 0 spiro atoms. The first-order valence-electron chi connectivity index (χ1n) is 6.80. The molecule has 1 aromatic rings. The fourth-order valence-electron chi connectivity index (χ4n) is 1.90. The summed E-state index contributed by atoms with van der Waals surface area (Å²) in [6, 6.07) is 5.64. The van der Waals surface area contributed by atoms with Crippen LogP contribution in [0.25, 0.3) is 0 Å². The number of amides is 1. The maximum Gasteiger partial charge on any atom is 0.306 e. The van der Waals surface area contributed by atoms with Crippen LogP contribution >= 0.6 is 38.5 Å². The molecule has 0 radical (unpaired) electrons. The molecule has 1 rings (SSSR count). The highest BCUT2D eigenvalue weighted by atomic mass is 127. The van der Waals surface area contributed by atoms with Gasteiger partial charge in [0.1, 0.15) is 0 Å². The smallest absolute Gasteiger partial charge is 0.306 e. The Hall–Kier alpha value is -0.630. The topological polar surface area (TPSA) is 66.4 Å². The minimum Gasteiger partial charge on any atom is -0.481 e. The Balaban J connectivity index is 2.47. The quantitative estimate of drug-likeness (QED) is 0.594. The summed E-state index contributed by atoms with van der Waals surface area (Å²) >= 11 is 5.55. The van der Waals surface area contributed by atoms with Gasteiger partial charge in [0.05, 0.1) is 11.5 Å². The number of halogens is 2. The van der Waals surface area contributed by atoms with Crippen molar-refractivity contribution < 1.29 is 14.7 Å². The van der Waals surface area contributed by atoms with E-state index >= 15 is 0 Å². The van der Waals surface area contributed by atoms with Gasteiger partial charge in [-0.1, -0.05) is 13.3 Å². The zero-order chi connectivity index (χ0) is 16.0. The second-order valence-corrected chi connectivity index (χ2v) is 7.27. The van der Waals surface area contributed by atoms with E-state index in [1.54, 1.807) is 6.92 Å². The first kappa shape index (κ1) is 18.4. The van der Waals surface area contributed by atoms with Gasteiger partial charge in [-0.05, 0) is 76.5 Å². The fraction of sp³-hybridized carbons (Fsp3) is 0.467. The number of carboxylic acids is 1. The van der Waals surface area contributed by atoms with Crippen molar-refractivity contribution in [2.24, 2.45) is 5.92 Å². The molecule has 2 unspecified atom stereocenters. The van der Waals surface area contributed by atoms with Crippen molar-refractivity contribution in [1.82, 2.24) is 5.32 Å². The molecule has 0 aromatic heterocycles. The van der Waals surface area contributed by atoms with Gasteiger partial charge in [0.15, 0.2) is 0 Å². The molecule has 1 amide bonds. The third kappa shape index (κ3) is 6.34. The number of hydrogen-bond acceptors (Lipinski definition) is 2. The number of carbonyl (C=O) groups is 2. The lowest BCUT2D eigenvalue weighted by molar-refractivity contribution is -0.141. The van der Waals surface area contributed by atoms with E-state index in [4.69, 9.17) is 5.11 Å². The van der Waals surface area contributed by atoms with Crippen LogP contribution in [0.2, 0.25) is 0 Å². The standard InChI is InChI=1S/C15H19BrINO3/c1-9(15(20)21)4-3-5-10(2)18-14(19)12-8-11(17)6-7-13(12)16/h6-10H,3-5H2,1-2H3,(H,18,19)(H,20,21). The van der Waals surface area contributed by atoms with Crippen molar-refractivity contribution in [2.75, 3.05) is 0 Å². The molecule has 0 heterocycles. The summed E-state index contributed by atoms with van der Waals surface area (Å²) in [7, 11) is 0. The van der Waals surface area contributed by atoms with Gasteiger partial charge >= 0.3 is 5.97 Å².